The van der Waals surface area contributed by atoms with E-state index in [2.05, 4.69) is 57.1 Å². The van der Waals surface area contributed by atoms with Gasteiger partial charge in [-0.05, 0) is 78.4 Å². The Kier molecular flexibility index (Phi) is 4.53. The number of nitrogens with zero attached hydrogens (tertiary/aromatic N) is 4. The van der Waals surface area contributed by atoms with Crippen molar-refractivity contribution in [3.8, 4) is 11.3 Å². The lowest BCUT2D eigenvalue weighted by Crippen LogP contribution is -2.36. The quantitative estimate of drug-likeness (QED) is 0.679. The number of aromatic nitrogens is 4. The predicted octanol–water partition coefficient (Wildman–Crippen LogP) is 4.50. The molecular formula is C24H29N5S. The molecule has 0 amide bonds. The molecule has 0 spiro atoms. The Balaban J connectivity index is 1.29. The average Bonchev–Trinajstić information content (AvgIpc) is 3.50. The fraction of sp³-hybridized carbons (Fsp3) is 0.500. The zero-order valence-corrected chi connectivity index (χ0v) is 18.6. The minimum Gasteiger partial charge on any atom is -0.299 e. The Morgan fingerprint density at radius 2 is 2.03 bits per heavy atom. The van der Waals surface area contributed by atoms with E-state index in [4.69, 9.17) is 0 Å². The minimum absolute atomic E-state index is 0.729. The van der Waals surface area contributed by atoms with Crippen molar-refractivity contribution in [3.63, 3.8) is 0 Å². The van der Waals surface area contributed by atoms with Gasteiger partial charge in [-0.25, -0.2) is 0 Å². The maximum atomic E-state index is 4.60. The largest absolute Gasteiger partial charge is 0.299 e. The third kappa shape index (κ3) is 3.12. The van der Waals surface area contributed by atoms with Crippen LogP contribution >= 0.6 is 11.8 Å². The van der Waals surface area contributed by atoms with E-state index in [-0.39, 0.29) is 0 Å². The maximum absolute atomic E-state index is 4.60. The average molecular weight is 420 g/mol. The first-order chi connectivity index (χ1) is 14.7. The molecule has 1 aliphatic carbocycles. The Hall–Kier alpha value is -2.05. The van der Waals surface area contributed by atoms with Crippen LogP contribution in [0, 0.1) is 18.8 Å². The van der Waals surface area contributed by atoms with Crippen LogP contribution in [0.1, 0.15) is 30.4 Å². The van der Waals surface area contributed by atoms with Gasteiger partial charge < -0.3 is 0 Å². The first kappa shape index (κ1) is 18.7. The number of hydrogen-bond acceptors (Lipinski definition) is 4. The standard InChI is InChI=1S/C24H29N5S/c1-15-7-23-22(24(27-26-23)19-11-25-28(2)12-19)10-21(15)16-8-17-13-29(14-18(17)9-16)20-3-5-30-6-4-20/h7-8,10-12,17-18,20H,3-6,9,13-14H2,1-2H3,(H,26,27)/t17-,18+/m1/s1. The molecule has 0 bridgehead atoms. The van der Waals surface area contributed by atoms with Crippen molar-refractivity contribution in [2.45, 2.75) is 32.2 Å². The van der Waals surface area contributed by atoms with Crippen molar-refractivity contribution in [1.82, 2.24) is 24.9 Å². The fourth-order valence-electron chi connectivity index (χ4n) is 5.78. The fourth-order valence-corrected chi connectivity index (χ4v) is 6.86. The summed E-state index contributed by atoms with van der Waals surface area (Å²) in [5.74, 6) is 4.22. The molecule has 0 radical (unpaired) electrons. The van der Waals surface area contributed by atoms with Crippen LogP contribution in [0.2, 0.25) is 0 Å². The van der Waals surface area contributed by atoms with Crippen LogP contribution in [0.5, 0.6) is 0 Å². The van der Waals surface area contributed by atoms with E-state index in [0.29, 0.717) is 0 Å². The highest BCUT2D eigenvalue weighted by molar-refractivity contribution is 7.99. The Morgan fingerprint density at radius 1 is 1.17 bits per heavy atom. The lowest BCUT2D eigenvalue weighted by molar-refractivity contribution is 0.219. The molecule has 30 heavy (non-hydrogen) atoms. The first-order valence-corrected chi connectivity index (χ1v) is 12.3. The van der Waals surface area contributed by atoms with Crippen LogP contribution < -0.4 is 0 Å². The summed E-state index contributed by atoms with van der Waals surface area (Å²) < 4.78 is 1.84. The summed E-state index contributed by atoms with van der Waals surface area (Å²) in [7, 11) is 1.95. The van der Waals surface area contributed by atoms with Gasteiger partial charge >= 0.3 is 0 Å². The summed E-state index contributed by atoms with van der Waals surface area (Å²) in [6.07, 6.45) is 10.5. The number of fused-ring (bicyclic) bond motifs is 2. The number of rotatable bonds is 3. The Bertz CT molecular complexity index is 1120. The highest BCUT2D eigenvalue weighted by Crippen LogP contribution is 2.44. The number of nitrogens with one attached hydrogen (secondary N) is 1. The highest BCUT2D eigenvalue weighted by atomic mass is 32.2. The van der Waals surface area contributed by atoms with Crippen molar-refractivity contribution in [1.29, 1.82) is 0 Å². The van der Waals surface area contributed by atoms with Gasteiger partial charge in [0.1, 0.15) is 5.69 Å². The van der Waals surface area contributed by atoms with Crippen LogP contribution in [0.25, 0.3) is 27.7 Å². The van der Waals surface area contributed by atoms with Gasteiger partial charge in [0, 0.05) is 43.3 Å². The van der Waals surface area contributed by atoms with E-state index < -0.39 is 0 Å². The van der Waals surface area contributed by atoms with Gasteiger partial charge in [0.25, 0.3) is 0 Å². The smallest absolute Gasteiger partial charge is 0.103 e. The number of allylic oxidation sites excluding steroid dienone is 1. The third-order valence-electron chi connectivity index (χ3n) is 7.36. The van der Waals surface area contributed by atoms with Gasteiger partial charge in [0.05, 0.1) is 11.7 Å². The third-order valence-corrected chi connectivity index (χ3v) is 8.41. The van der Waals surface area contributed by atoms with Crippen LogP contribution in [0.15, 0.2) is 30.6 Å². The van der Waals surface area contributed by atoms with E-state index >= 15 is 0 Å². The van der Waals surface area contributed by atoms with E-state index in [9.17, 15) is 0 Å². The molecule has 0 saturated carbocycles. The summed E-state index contributed by atoms with van der Waals surface area (Å²) >= 11 is 2.13. The van der Waals surface area contributed by atoms with E-state index in [1.165, 1.54) is 60.4 Å². The molecular weight excluding hydrogens is 390 g/mol. The number of aryl methyl sites for hydroxylation is 2. The summed E-state index contributed by atoms with van der Waals surface area (Å²) in [6.45, 7) is 4.78. The zero-order valence-electron chi connectivity index (χ0n) is 17.8. The van der Waals surface area contributed by atoms with Gasteiger partial charge in [-0.2, -0.15) is 22.0 Å². The second-order valence-corrected chi connectivity index (χ2v) is 10.5. The maximum Gasteiger partial charge on any atom is 0.103 e. The molecule has 156 valence electrons. The lowest BCUT2D eigenvalue weighted by Gasteiger charge is -2.31. The molecule has 2 aromatic heterocycles. The van der Waals surface area contributed by atoms with E-state index in [0.717, 1.165) is 34.7 Å². The Labute approximate surface area is 181 Å². The van der Waals surface area contributed by atoms with Crippen LogP contribution in [0.3, 0.4) is 0 Å². The zero-order chi connectivity index (χ0) is 20.2. The van der Waals surface area contributed by atoms with Crippen molar-refractivity contribution in [3.05, 3.63) is 41.7 Å². The number of benzene rings is 1. The van der Waals surface area contributed by atoms with Crippen molar-refractivity contribution in [2.75, 3.05) is 24.6 Å². The molecule has 6 rings (SSSR count). The number of thioether (sulfide) groups is 1. The molecule has 0 unspecified atom stereocenters. The van der Waals surface area contributed by atoms with Crippen molar-refractivity contribution < 1.29 is 0 Å². The first-order valence-electron chi connectivity index (χ1n) is 11.2. The van der Waals surface area contributed by atoms with Crippen molar-refractivity contribution >= 4 is 28.2 Å². The molecule has 5 nitrogen and oxygen atoms in total. The normalized spacial score (nSPS) is 25.2. The second kappa shape index (κ2) is 7.27. The van der Waals surface area contributed by atoms with Crippen LogP contribution in [0.4, 0.5) is 0 Å². The topological polar surface area (TPSA) is 49.7 Å². The summed E-state index contributed by atoms with van der Waals surface area (Å²) in [6, 6.07) is 5.46. The van der Waals surface area contributed by atoms with Gasteiger partial charge in [-0.1, -0.05) is 6.08 Å². The summed E-state index contributed by atoms with van der Waals surface area (Å²) in [4.78, 5) is 2.80. The number of hydrogen-bond donors (Lipinski definition) is 1. The molecule has 6 heteroatoms. The van der Waals surface area contributed by atoms with Crippen LogP contribution in [-0.2, 0) is 7.05 Å². The number of likely N-dealkylation sites (tertiary alicyclic amines) is 1. The SMILES string of the molecule is Cc1cc2[nH]nc(-c3cnn(C)c3)c2cc1C1=C[C@@H]2CN(C3CCSCC3)C[C@@H]2C1. The molecule has 2 fully saturated rings. The van der Waals surface area contributed by atoms with E-state index in [1.54, 1.807) is 5.57 Å². The monoisotopic (exact) mass is 419 g/mol. The molecule has 1 N–H and O–H groups in total. The predicted molar refractivity (Wildman–Crippen MR) is 125 cm³/mol. The molecule has 2 atom stereocenters. The van der Waals surface area contributed by atoms with E-state index in [1.807, 2.05) is 24.1 Å². The van der Waals surface area contributed by atoms with Crippen LogP contribution in [-0.4, -0.2) is 55.5 Å². The van der Waals surface area contributed by atoms with Gasteiger partial charge in [0.15, 0.2) is 0 Å². The molecule has 3 aromatic rings. The molecule has 2 saturated heterocycles. The van der Waals surface area contributed by atoms with Crippen molar-refractivity contribution in [2.24, 2.45) is 18.9 Å². The minimum atomic E-state index is 0.729. The summed E-state index contributed by atoms with van der Waals surface area (Å²) in [5, 5.41) is 13.3. The van der Waals surface area contributed by atoms with Gasteiger partial charge in [-0.3, -0.25) is 14.7 Å². The molecule has 1 aromatic carbocycles. The second-order valence-electron chi connectivity index (χ2n) is 9.31. The summed E-state index contributed by atoms with van der Waals surface area (Å²) in [5.41, 5.74) is 7.47. The Morgan fingerprint density at radius 3 is 2.80 bits per heavy atom. The molecule has 2 aliphatic heterocycles. The highest BCUT2D eigenvalue weighted by Gasteiger charge is 2.39. The number of aromatic amines is 1. The molecule has 3 aliphatic rings. The number of H-pyrrole nitrogens is 1. The van der Waals surface area contributed by atoms with Gasteiger partial charge in [-0.15, -0.1) is 0 Å². The molecule has 4 heterocycles. The van der Waals surface area contributed by atoms with Gasteiger partial charge in [0.2, 0.25) is 0 Å². The lowest BCUT2D eigenvalue weighted by atomic mass is 9.94.